The molecule has 1 aromatic heterocycles. The number of rotatable bonds is 4. The van der Waals surface area contributed by atoms with Crippen LogP contribution in [-0.2, 0) is 10.0 Å². The summed E-state index contributed by atoms with van der Waals surface area (Å²) in [4.78, 5) is 14.0. The maximum atomic E-state index is 13.7. The standard InChI is InChI=1S/C11H10FN3O5S/c1-5-8(12)3-7(10(16)17)4-9(5)21(18,19)15-11-13-6(2)14-20-11/h3-4H,1-2H3,(H,16,17)(H,13,14,15). The summed E-state index contributed by atoms with van der Waals surface area (Å²) in [6, 6.07) is 1.20. The molecule has 0 radical (unpaired) electrons. The van der Waals surface area contributed by atoms with Gasteiger partial charge in [-0.25, -0.2) is 22.3 Å². The van der Waals surface area contributed by atoms with Crippen molar-refractivity contribution in [1.82, 2.24) is 10.1 Å². The first-order valence-corrected chi connectivity index (χ1v) is 7.05. The first kappa shape index (κ1) is 14.9. The average Bonchev–Trinajstić information content (AvgIpc) is 2.76. The zero-order valence-electron chi connectivity index (χ0n) is 10.9. The van der Waals surface area contributed by atoms with E-state index in [1.54, 1.807) is 0 Å². The van der Waals surface area contributed by atoms with Gasteiger partial charge in [0.2, 0.25) is 0 Å². The molecule has 2 N–H and O–H groups in total. The van der Waals surface area contributed by atoms with Crippen LogP contribution in [0.5, 0.6) is 0 Å². The molecule has 1 heterocycles. The Hall–Kier alpha value is -2.49. The number of benzene rings is 1. The summed E-state index contributed by atoms with van der Waals surface area (Å²) < 4.78 is 44.6. The molecule has 0 atom stereocenters. The smallest absolute Gasteiger partial charge is 0.335 e. The summed E-state index contributed by atoms with van der Waals surface area (Å²) in [6.07, 6.45) is 0. The molecule has 0 fully saturated rings. The van der Waals surface area contributed by atoms with Crippen molar-refractivity contribution in [2.45, 2.75) is 18.7 Å². The van der Waals surface area contributed by atoms with Gasteiger partial charge >= 0.3 is 12.0 Å². The second-order valence-electron chi connectivity index (χ2n) is 4.14. The van der Waals surface area contributed by atoms with Crippen molar-refractivity contribution in [2.75, 3.05) is 4.72 Å². The minimum atomic E-state index is -4.26. The molecule has 10 heteroatoms. The van der Waals surface area contributed by atoms with E-state index in [-0.39, 0.29) is 11.4 Å². The topological polar surface area (TPSA) is 122 Å². The number of nitrogens with one attached hydrogen (secondary N) is 1. The third-order valence-corrected chi connectivity index (χ3v) is 4.03. The number of sulfonamides is 1. The molecule has 2 aromatic rings. The third kappa shape index (κ3) is 2.99. The summed E-state index contributed by atoms with van der Waals surface area (Å²) in [5.74, 6) is -2.19. The molecular formula is C11H10FN3O5S. The van der Waals surface area contributed by atoms with Gasteiger partial charge in [0, 0.05) is 5.56 Å². The van der Waals surface area contributed by atoms with E-state index in [0.29, 0.717) is 0 Å². The van der Waals surface area contributed by atoms with Crippen LogP contribution in [0.2, 0.25) is 0 Å². The first-order valence-electron chi connectivity index (χ1n) is 5.57. The highest BCUT2D eigenvalue weighted by atomic mass is 32.2. The number of halogens is 1. The Kier molecular flexibility index (Phi) is 3.64. The zero-order chi connectivity index (χ0) is 15.8. The van der Waals surface area contributed by atoms with Crippen LogP contribution in [0.3, 0.4) is 0 Å². The predicted octanol–water partition coefficient (Wildman–Crippen LogP) is 1.32. The molecule has 0 aliphatic rings. The van der Waals surface area contributed by atoms with Gasteiger partial charge in [-0.2, -0.15) is 4.98 Å². The Morgan fingerprint density at radius 1 is 1.38 bits per heavy atom. The minimum absolute atomic E-state index is 0.204. The zero-order valence-corrected chi connectivity index (χ0v) is 11.7. The van der Waals surface area contributed by atoms with Gasteiger partial charge < -0.3 is 9.63 Å². The monoisotopic (exact) mass is 315 g/mol. The Labute approximate surface area is 118 Å². The van der Waals surface area contributed by atoms with Gasteiger partial charge in [0.25, 0.3) is 10.0 Å². The van der Waals surface area contributed by atoms with E-state index in [4.69, 9.17) is 5.11 Å². The molecule has 2 rings (SSSR count). The molecule has 1 aromatic carbocycles. The van der Waals surface area contributed by atoms with E-state index in [1.807, 2.05) is 4.72 Å². The number of hydrogen-bond donors (Lipinski definition) is 2. The fourth-order valence-electron chi connectivity index (χ4n) is 1.56. The SMILES string of the molecule is Cc1noc(NS(=O)(=O)c2cc(C(=O)O)cc(F)c2C)n1. The molecule has 0 spiro atoms. The predicted molar refractivity (Wildman–Crippen MR) is 67.9 cm³/mol. The maximum absolute atomic E-state index is 13.7. The molecular weight excluding hydrogens is 305 g/mol. The van der Waals surface area contributed by atoms with Crippen molar-refractivity contribution in [3.63, 3.8) is 0 Å². The summed E-state index contributed by atoms with van der Waals surface area (Å²) in [5, 5.41) is 12.3. The number of hydrogen-bond acceptors (Lipinski definition) is 6. The summed E-state index contributed by atoms with van der Waals surface area (Å²) in [6.45, 7) is 2.70. The quantitative estimate of drug-likeness (QED) is 0.872. The van der Waals surface area contributed by atoms with Crippen molar-refractivity contribution in [3.8, 4) is 0 Å². The normalized spacial score (nSPS) is 11.4. The third-order valence-electron chi connectivity index (χ3n) is 2.58. The van der Waals surface area contributed by atoms with Crippen LogP contribution in [0, 0.1) is 19.7 Å². The fraction of sp³-hybridized carbons (Fsp3) is 0.182. The second-order valence-corrected chi connectivity index (χ2v) is 5.79. The van der Waals surface area contributed by atoms with Gasteiger partial charge in [-0.05, 0) is 26.0 Å². The van der Waals surface area contributed by atoms with E-state index in [0.717, 1.165) is 12.1 Å². The van der Waals surface area contributed by atoms with Gasteiger partial charge in [-0.3, -0.25) is 0 Å². The molecule has 21 heavy (non-hydrogen) atoms. The van der Waals surface area contributed by atoms with E-state index in [1.165, 1.54) is 13.8 Å². The van der Waals surface area contributed by atoms with E-state index in [9.17, 15) is 17.6 Å². The first-order chi connectivity index (χ1) is 9.70. The summed E-state index contributed by atoms with van der Waals surface area (Å²) in [5.41, 5.74) is -0.705. The molecule has 0 aliphatic carbocycles. The van der Waals surface area contributed by atoms with Crippen molar-refractivity contribution >= 4 is 22.0 Å². The van der Waals surface area contributed by atoms with Crippen LogP contribution in [0.1, 0.15) is 21.7 Å². The molecule has 0 saturated carbocycles. The van der Waals surface area contributed by atoms with Crippen LogP contribution in [0.4, 0.5) is 10.4 Å². The highest BCUT2D eigenvalue weighted by Crippen LogP contribution is 2.22. The second kappa shape index (κ2) is 5.13. The van der Waals surface area contributed by atoms with Crippen LogP contribution >= 0.6 is 0 Å². The minimum Gasteiger partial charge on any atom is -0.478 e. The Morgan fingerprint density at radius 2 is 2.05 bits per heavy atom. The van der Waals surface area contributed by atoms with E-state index < -0.39 is 38.3 Å². The van der Waals surface area contributed by atoms with Gasteiger partial charge in [0.1, 0.15) is 5.82 Å². The Morgan fingerprint density at radius 3 is 2.57 bits per heavy atom. The van der Waals surface area contributed by atoms with Crippen LogP contribution in [0.25, 0.3) is 0 Å². The van der Waals surface area contributed by atoms with Crippen LogP contribution in [-0.4, -0.2) is 29.6 Å². The molecule has 0 bridgehead atoms. The fourth-order valence-corrected chi connectivity index (χ4v) is 2.77. The Bertz CT molecular complexity index is 815. The number of anilines is 1. The highest BCUT2D eigenvalue weighted by Gasteiger charge is 2.24. The number of carboxylic acids is 1. The average molecular weight is 315 g/mol. The van der Waals surface area contributed by atoms with Crippen molar-refractivity contribution in [2.24, 2.45) is 0 Å². The largest absolute Gasteiger partial charge is 0.478 e. The number of carbonyl (C=O) groups is 1. The molecule has 112 valence electrons. The molecule has 0 saturated heterocycles. The number of aromatic carboxylic acids is 1. The van der Waals surface area contributed by atoms with Gasteiger partial charge in [0.15, 0.2) is 5.82 Å². The summed E-state index contributed by atoms with van der Waals surface area (Å²) >= 11 is 0. The van der Waals surface area contributed by atoms with Crippen LogP contribution in [0.15, 0.2) is 21.6 Å². The lowest BCUT2D eigenvalue weighted by Crippen LogP contribution is -2.16. The summed E-state index contributed by atoms with van der Waals surface area (Å²) in [7, 11) is -4.26. The van der Waals surface area contributed by atoms with Crippen molar-refractivity contribution in [1.29, 1.82) is 0 Å². The number of aromatic nitrogens is 2. The molecule has 0 aliphatic heterocycles. The highest BCUT2D eigenvalue weighted by molar-refractivity contribution is 7.92. The molecule has 8 nitrogen and oxygen atoms in total. The lowest BCUT2D eigenvalue weighted by molar-refractivity contribution is 0.0696. The van der Waals surface area contributed by atoms with Crippen molar-refractivity contribution in [3.05, 3.63) is 34.9 Å². The lowest BCUT2D eigenvalue weighted by Gasteiger charge is -2.09. The number of aryl methyl sites for hydroxylation is 1. The lowest BCUT2D eigenvalue weighted by atomic mass is 10.1. The number of nitrogens with zero attached hydrogens (tertiary/aromatic N) is 2. The molecule has 0 unspecified atom stereocenters. The van der Waals surface area contributed by atoms with Crippen LogP contribution < -0.4 is 4.72 Å². The van der Waals surface area contributed by atoms with Crippen molar-refractivity contribution < 1.29 is 27.2 Å². The van der Waals surface area contributed by atoms with Gasteiger partial charge in [-0.15, -0.1) is 0 Å². The maximum Gasteiger partial charge on any atom is 0.335 e. The van der Waals surface area contributed by atoms with E-state index in [2.05, 4.69) is 14.7 Å². The Balaban J connectivity index is 2.51. The van der Waals surface area contributed by atoms with Gasteiger partial charge in [0.05, 0.1) is 10.5 Å². The van der Waals surface area contributed by atoms with Gasteiger partial charge in [-0.1, -0.05) is 5.16 Å². The molecule has 0 amide bonds. The van der Waals surface area contributed by atoms with E-state index >= 15 is 0 Å². The number of carboxylic acid groups (broad SMARTS) is 1.